The van der Waals surface area contributed by atoms with Gasteiger partial charge in [-0.05, 0) is 49.9 Å². The lowest BCUT2D eigenvalue weighted by Crippen LogP contribution is -2.35. The van der Waals surface area contributed by atoms with Crippen LogP contribution in [0.25, 0.3) is 0 Å². The fourth-order valence-corrected chi connectivity index (χ4v) is 2.62. The first kappa shape index (κ1) is 13.7. The van der Waals surface area contributed by atoms with Crippen LogP contribution in [-0.4, -0.2) is 19.2 Å². The van der Waals surface area contributed by atoms with Crippen LogP contribution in [0.1, 0.15) is 38.2 Å². The van der Waals surface area contributed by atoms with E-state index < -0.39 is 0 Å². The molecule has 0 aromatic heterocycles. The molecule has 1 aliphatic rings. The zero-order valence-corrected chi connectivity index (χ0v) is 11.8. The largest absolute Gasteiger partial charge is 0.492 e. The highest BCUT2D eigenvalue weighted by Gasteiger charge is 2.12. The number of ether oxygens (including phenoxy) is 1. The normalized spacial score (nSPS) is 19.8. The number of benzene rings is 1. The van der Waals surface area contributed by atoms with Crippen LogP contribution in [0.3, 0.4) is 0 Å². The number of hydrogen-bond donors (Lipinski definition) is 1. The second-order valence-electron chi connectivity index (χ2n) is 4.90. The summed E-state index contributed by atoms with van der Waals surface area (Å²) in [5.74, 6) is 0.810. The molecule has 0 aliphatic carbocycles. The molecule has 1 aliphatic heterocycles. The van der Waals surface area contributed by atoms with Crippen LogP contribution in [0, 0.1) is 0 Å². The molecule has 100 valence electrons. The number of halogens is 1. The third kappa shape index (κ3) is 3.89. The Morgan fingerprint density at radius 3 is 2.94 bits per heavy atom. The molecule has 1 fully saturated rings. The van der Waals surface area contributed by atoms with E-state index in [0.29, 0.717) is 6.04 Å². The predicted molar refractivity (Wildman–Crippen MR) is 76.6 cm³/mol. The maximum Gasteiger partial charge on any atom is 0.137 e. The van der Waals surface area contributed by atoms with Crippen LogP contribution in [-0.2, 0) is 6.42 Å². The van der Waals surface area contributed by atoms with Gasteiger partial charge < -0.3 is 10.1 Å². The first-order chi connectivity index (χ1) is 8.79. The van der Waals surface area contributed by atoms with Gasteiger partial charge in [-0.3, -0.25) is 0 Å². The summed E-state index contributed by atoms with van der Waals surface area (Å²) in [7, 11) is 0. The van der Waals surface area contributed by atoms with Gasteiger partial charge in [0.15, 0.2) is 0 Å². The molecular weight excluding hydrogens is 246 g/mol. The minimum Gasteiger partial charge on any atom is -0.492 e. The maximum absolute atomic E-state index is 6.19. The quantitative estimate of drug-likeness (QED) is 0.876. The molecule has 0 radical (unpaired) electrons. The Balaban J connectivity index is 1.79. The second kappa shape index (κ2) is 7.01. The van der Waals surface area contributed by atoms with Gasteiger partial charge in [0, 0.05) is 6.04 Å². The van der Waals surface area contributed by atoms with Gasteiger partial charge in [-0.2, -0.15) is 0 Å². The molecule has 0 saturated carbocycles. The lowest BCUT2D eigenvalue weighted by Gasteiger charge is -2.23. The Hall–Kier alpha value is -0.730. The van der Waals surface area contributed by atoms with Crippen molar-refractivity contribution in [2.45, 2.75) is 45.1 Å². The number of hydrogen-bond acceptors (Lipinski definition) is 2. The molecule has 0 bridgehead atoms. The molecular formula is C15H22ClNO. The summed E-state index contributed by atoms with van der Waals surface area (Å²) in [4.78, 5) is 0. The zero-order valence-electron chi connectivity index (χ0n) is 11.0. The second-order valence-corrected chi connectivity index (χ2v) is 5.31. The summed E-state index contributed by atoms with van der Waals surface area (Å²) in [6, 6.07) is 6.68. The summed E-state index contributed by atoms with van der Waals surface area (Å²) < 4.78 is 5.77. The molecule has 1 heterocycles. The molecule has 1 aromatic carbocycles. The Morgan fingerprint density at radius 2 is 2.28 bits per heavy atom. The molecule has 1 aromatic rings. The summed E-state index contributed by atoms with van der Waals surface area (Å²) in [6.07, 6.45) is 5.98. The lowest BCUT2D eigenvalue weighted by atomic mass is 10.0. The molecule has 2 nitrogen and oxygen atoms in total. The predicted octanol–water partition coefficient (Wildman–Crippen LogP) is 3.81. The van der Waals surface area contributed by atoms with E-state index in [1.165, 1.54) is 24.8 Å². The molecule has 2 rings (SSSR count). The van der Waals surface area contributed by atoms with E-state index in [-0.39, 0.29) is 0 Å². The minimum absolute atomic E-state index is 0.618. The summed E-state index contributed by atoms with van der Waals surface area (Å²) in [6.45, 7) is 4.01. The molecule has 1 atom stereocenters. The average Bonchev–Trinajstić information content (AvgIpc) is 2.42. The first-order valence-electron chi connectivity index (χ1n) is 6.94. The van der Waals surface area contributed by atoms with Crippen molar-refractivity contribution in [3.05, 3.63) is 28.8 Å². The molecule has 0 amide bonds. The van der Waals surface area contributed by atoms with E-state index >= 15 is 0 Å². The lowest BCUT2D eigenvalue weighted by molar-refractivity contribution is 0.268. The van der Waals surface area contributed by atoms with Gasteiger partial charge in [-0.15, -0.1) is 0 Å². The van der Waals surface area contributed by atoms with Crippen LogP contribution in [0.5, 0.6) is 5.75 Å². The Kier molecular flexibility index (Phi) is 5.33. The smallest absolute Gasteiger partial charge is 0.137 e. The van der Waals surface area contributed by atoms with Crippen molar-refractivity contribution in [3.8, 4) is 5.75 Å². The van der Waals surface area contributed by atoms with Gasteiger partial charge in [-0.25, -0.2) is 0 Å². The highest BCUT2D eigenvalue weighted by Crippen LogP contribution is 2.26. The van der Waals surface area contributed by atoms with Crippen molar-refractivity contribution in [1.29, 1.82) is 0 Å². The van der Waals surface area contributed by atoms with Crippen molar-refractivity contribution in [2.75, 3.05) is 13.2 Å². The molecule has 1 N–H and O–H groups in total. The van der Waals surface area contributed by atoms with Crippen molar-refractivity contribution in [3.63, 3.8) is 0 Å². The monoisotopic (exact) mass is 267 g/mol. The SMILES string of the molecule is CCc1ccc(OCC[C@@H]2CCCCN2)c(Cl)c1. The molecule has 0 unspecified atom stereocenters. The summed E-state index contributed by atoms with van der Waals surface area (Å²) in [5, 5.41) is 4.25. The van der Waals surface area contributed by atoms with Crippen LogP contribution < -0.4 is 10.1 Å². The topological polar surface area (TPSA) is 21.3 Å². The van der Waals surface area contributed by atoms with Crippen LogP contribution in [0.15, 0.2) is 18.2 Å². The first-order valence-corrected chi connectivity index (χ1v) is 7.32. The van der Waals surface area contributed by atoms with Crippen molar-refractivity contribution < 1.29 is 4.74 Å². The van der Waals surface area contributed by atoms with Gasteiger partial charge in [0.2, 0.25) is 0 Å². The van der Waals surface area contributed by atoms with Crippen LogP contribution >= 0.6 is 11.6 Å². The highest BCUT2D eigenvalue weighted by atomic mass is 35.5. The van der Waals surface area contributed by atoms with E-state index in [1.54, 1.807) is 0 Å². The van der Waals surface area contributed by atoms with Crippen molar-refractivity contribution >= 4 is 11.6 Å². The van der Waals surface area contributed by atoms with Gasteiger partial charge in [0.25, 0.3) is 0 Å². The third-order valence-corrected chi connectivity index (χ3v) is 3.84. The average molecular weight is 268 g/mol. The fraction of sp³-hybridized carbons (Fsp3) is 0.600. The maximum atomic E-state index is 6.19. The number of nitrogens with one attached hydrogen (secondary N) is 1. The number of aryl methyl sites for hydroxylation is 1. The van der Waals surface area contributed by atoms with Gasteiger partial charge in [0.05, 0.1) is 11.6 Å². The van der Waals surface area contributed by atoms with E-state index in [0.717, 1.165) is 36.8 Å². The highest BCUT2D eigenvalue weighted by molar-refractivity contribution is 6.32. The zero-order chi connectivity index (χ0) is 12.8. The minimum atomic E-state index is 0.618. The van der Waals surface area contributed by atoms with Gasteiger partial charge in [-0.1, -0.05) is 31.0 Å². The molecule has 0 spiro atoms. The van der Waals surface area contributed by atoms with E-state index in [2.05, 4.69) is 18.3 Å². The summed E-state index contributed by atoms with van der Waals surface area (Å²) >= 11 is 6.19. The third-order valence-electron chi connectivity index (χ3n) is 3.54. The van der Waals surface area contributed by atoms with Crippen LogP contribution in [0.4, 0.5) is 0 Å². The van der Waals surface area contributed by atoms with Crippen LogP contribution in [0.2, 0.25) is 5.02 Å². The van der Waals surface area contributed by atoms with E-state index in [4.69, 9.17) is 16.3 Å². The van der Waals surface area contributed by atoms with E-state index in [9.17, 15) is 0 Å². The Bertz CT molecular complexity index is 375. The van der Waals surface area contributed by atoms with Gasteiger partial charge >= 0.3 is 0 Å². The Morgan fingerprint density at radius 1 is 1.39 bits per heavy atom. The summed E-state index contributed by atoms with van der Waals surface area (Å²) in [5.41, 5.74) is 1.25. The van der Waals surface area contributed by atoms with Crippen molar-refractivity contribution in [2.24, 2.45) is 0 Å². The fourth-order valence-electron chi connectivity index (χ4n) is 2.36. The van der Waals surface area contributed by atoms with E-state index in [1.807, 2.05) is 12.1 Å². The number of rotatable bonds is 5. The van der Waals surface area contributed by atoms with Crippen molar-refractivity contribution in [1.82, 2.24) is 5.32 Å². The molecule has 18 heavy (non-hydrogen) atoms. The van der Waals surface area contributed by atoms with Gasteiger partial charge in [0.1, 0.15) is 5.75 Å². The number of piperidine rings is 1. The molecule has 1 saturated heterocycles. The Labute approximate surface area is 115 Å². The molecule has 3 heteroatoms. The standard InChI is InChI=1S/C15H22ClNO/c1-2-12-6-7-15(14(16)11-12)18-10-8-13-5-3-4-9-17-13/h6-7,11,13,17H,2-5,8-10H2,1H3/t13-/m0/s1.